The maximum atomic E-state index is 8.71. The molecule has 0 heterocycles. The summed E-state index contributed by atoms with van der Waals surface area (Å²) in [6.45, 7) is 2.67. The Morgan fingerprint density at radius 1 is 1.00 bits per heavy atom. The quantitative estimate of drug-likeness (QED) is 0.672. The van der Waals surface area contributed by atoms with Crippen LogP contribution in [0.1, 0.15) is 13.8 Å². The normalized spacial score (nSPS) is 15.3. The van der Waals surface area contributed by atoms with Gasteiger partial charge in [0.25, 0.3) is 0 Å². The molecule has 0 saturated carbocycles. The zero-order chi connectivity index (χ0) is 9.02. The van der Waals surface area contributed by atoms with Crippen molar-refractivity contribution in [2.45, 2.75) is 13.8 Å². The maximum Gasteiger partial charge on any atom is 0.232 e. The molecule has 0 aliphatic carbocycles. The summed E-state index contributed by atoms with van der Waals surface area (Å²) in [5, 5.41) is 16.9. The SMILES string of the molecule is CC(O)=C(Cl)OC(Cl)=C(C)O. The van der Waals surface area contributed by atoms with Gasteiger partial charge in [-0.15, -0.1) is 0 Å². The first kappa shape index (κ1) is 10.5. The summed E-state index contributed by atoms with van der Waals surface area (Å²) in [7, 11) is 0. The number of rotatable bonds is 2. The van der Waals surface area contributed by atoms with E-state index in [1.807, 2.05) is 0 Å². The van der Waals surface area contributed by atoms with Crippen molar-refractivity contribution < 1.29 is 14.9 Å². The molecule has 0 aromatic rings. The van der Waals surface area contributed by atoms with E-state index >= 15 is 0 Å². The Bertz CT molecular complexity index is 178. The molecule has 0 aliphatic heterocycles. The summed E-state index contributed by atoms with van der Waals surface area (Å²) < 4.78 is 4.56. The molecule has 3 nitrogen and oxygen atoms in total. The second-order valence-corrected chi connectivity index (χ2v) is 2.51. The van der Waals surface area contributed by atoms with Crippen LogP contribution in [0.2, 0.25) is 0 Å². The fourth-order valence-corrected chi connectivity index (χ4v) is 0.420. The zero-order valence-corrected chi connectivity index (χ0v) is 7.57. The highest BCUT2D eigenvalue weighted by molar-refractivity contribution is 6.31. The first-order valence-corrected chi connectivity index (χ1v) is 3.49. The van der Waals surface area contributed by atoms with Gasteiger partial charge in [-0.2, -0.15) is 0 Å². The van der Waals surface area contributed by atoms with E-state index in [4.69, 9.17) is 33.4 Å². The number of aliphatic hydroxyl groups is 2. The Balaban J connectivity index is 4.30. The Labute approximate surface area is 74.5 Å². The highest BCUT2D eigenvalue weighted by atomic mass is 35.5. The second kappa shape index (κ2) is 4.36. The number of ether oxygens (including phenoxy) is 1. The van der Waals surface area contributed by atoms with Gasteiger partial charge in [0.2, 0.25) is 10.4 Å². The summed E-state index contributed by atoms with van der Waals surface area (Å²) in [4.78, 5) is 0. The van der Waals surface area contributed by atoms with E-state index in [1.165, 1.54) is 13.8 Å². The van der Waals surface area contributed by atoms with Gasteiger partial charge >= 0.3 is 0 Å². The first-order valence-electron chi connectivity index (χ1n) is 2.73. The van der Waals surface area contributed by atoms with E-state index in [2.05, 4.69) is 4.74 Å². The number of allylic oxidation sites excluding steroid dienone is 2. The van der Waals surface area contributed by atoms with Crippen molar-refractivity contribution in [2.75, 3.05) is 0 Å². The Morgan fingerprint density at radius 2 is 1.27 bits per heavy atom. The van der Waals surface area contributed by atoms with Crippen LogP contribution in [0.3, 0.4) is 0 Å². The van der Waals surface area contributed by atoms with Crippen LogP contribution >= 0.6 is 23.2 Å². The lowest BCUT2D eigenvalue weighted by molar-refractivity contribution is 0.286. The first-order chi connectivity index (χ1) is 4.95. The van der Waals surface area contributed by atoms with Gasteiger partial charge < -0.3 is 14.9 Å². The molecule has 0 fully saturated rings. The number of hydrogen-bond acceptors (Lipinski definition) is 3. The molecule has 0 aliphatic rings. The molecule has 0 amide bonds. The molecule has 0 spiro atoms. The molecular weight excluding hydrogens is 191 g/mol. The zero-order valence-electron chi connectivity index (χ0n) is 6.06. The van der Waals surface area contributed by atoms with Gasteiger partial charge in [0, 0.05) is 0 Å². The molecule has 64 valence electrons. The molecule has 0 rings (SSSR count). The topological polar surface area (TPSA) is 49.7 Å². The predicted octanol–water partition coefficient (Wildman–Crippen LogP) is 2.97. The van der Waals surface area contributed by atoms with Gasteiger partial charge in [-0.05, 0) is 37.0 Å². The van der Waals surface area contributed by atoms with Gasteiger partial charge in [0.15, 0.2) is 0 Å². The second-order valence-electron chi connectivity index (χ2n) is 1.82. The van der Waals surface area contributed by atoms with Crippen molar-refractivity contribution in [3.05, 3.63) is 22.0 Å². The van der Waals surface area contributed by atoms with Crippen LogP contribution < -0.4 is 0 Å². The van der Waals surface area contributed by atoms with Gasteiger partial charge in [0.05, 0.1) is 0 Å². The third-order valence-corrected chi connectivity index (χ3v) is 1.45. The van der Waals surface area contributed by atoms with Crippen LogP contribution in [0.5, 0.6) is 0 Å². The lowest BCUT2D eigenvalue weighted by Gasteiger charge is -2.02. The van der Waals surface area contributed by atoms with Gasteiger partial charge in [-0.3, -0.25) is 0 Å². The lowest BCUT2D eigenvalue weighted by atomic mass is 10.6. The van der Waals surface area contributed by atoms with Gasteiger partial charge in [-0.1, -0.05) is 0 Å². The number of halogens is 2. The predicted molar refractivity (Wildman–Crippen MR) is 43.4 cm³/mol. The van der Waals surface area contributed by atoms with E-state index < -0.39 is 0 Å². The minimum atomic E-state index is -0.261. The number of aliphatic hydroxyl groups excluding tert-OH is 2. The van der Waals surface area contributed by atoms with Crippen molar-refractivity contribution >= 4 is 23.2 Å². The summed E-state index contributed by atoms with van der Waals surface area (Å²) in [6.07, 6.45) is 0. The van der Waals surface area contributed by atoms with Gasteiger partial charge in [0.1, 0.15) is 11.5 Å². The molecule has 0 saturated heterocycles. The molecule has 11 heavy (non-hydrogen) atoms. The van der Waals surface area contributed by atoms with Crippen molar-refractivity contribution in [3.63, 3.8) is 0 Å². The van der Waals surface area contributed by atoms with Crippen LogP contribution in [0.25, 0.3) is 0 Å². The third-order valence-electron chi connectivity index (χ3n) is 0.748. The molecule has 2 N–H and O–H groups in total. The average Bonchev–Trinajstić information content (AvgIpc) is 1.87. The van der Waals surface area contributed by atoms with Crippen LogP contribution in [0.4, 0.5) is 0 Å². The van der Waals surface area contributed by atoms with Gasteiger partial charge in [-0.25, -0.2) is 0 Å². The monoisotopic (exact) mass is 198 g/mol. The van der Waals surface area contributed by atoms with Crippen molar-refractivity contribution in [1.29, 1.82) is 0 Å². The lowest BCUT2D eigenvalue weighted by Crippen LogP contribution is -1.88. The summed E-state index contributed by atoms with van der Waals surface area (Å²) in [5.74, 6) is -0.405. The molecule has 0 aromatic carbocycles. The smallest absolute Gasteiger partial charge is 0.232 e. The molecule has 0 bridgehead atoms. The third kappa shape index (κ3) is 4.01. The largest absolute Gasteiger partial charge is 0.508 e. The minimum Gasteiger partial charge on any atom is -0.508 e. The molecule has 0 unspecified atom stereocenters. The Kier molecular flexibility index (Phi) is 4.15. The summed E-state index contributed by atoms with van der Waals surface area (Å²) >= 11 is 10.7. The molecule has 5 heteroatoms. The number of hydrogen-bond donors (Lipinski definition) is 2. The van der Waals surface area contributed by atoms with E-state index in [1.54, 1.807) is 0 Å². The Morgan fingerprint density at radius 3 is 1.45 bits per heavy atom. The summed E-state index contributed by atoms with van der Waals surface area (Å²) in [6, 6.07) is 0. The van der Waals surface area contributed by atoms with E-state index in [-0.39, 0.29) is 22.0 Å². The minimum absolute atomic E-state index is 0.203. The highest BCUT2D eigenvalue weighted by Crippen LogP contribution is 2.18. The molecule has 0 aromatic heterocycles. The standard InChI is InChI=1S/C6H8Cl2O3/c1-3(9)5(7)11-6(8)4(2)10/h9-10H,1-2H3. The molecule has 0 atom stereocenters. The van der Waals surface area contributed by atoms with Crippen LogP contribution in [-0.4, -0.2) is 10.2 Å². The Hall–Kier alpha value is -0.540. The maximum absolute atomic E-state index is 8.71. The van der Waals surface area contributed by atoms with E-state index in [0.29, 0.717) is 0 Å². The van der Waals surface area contributed by atoms with Crippen LogP contribution in [0.15, 0.2) is 22.0 Å². The van der Waals surface area contributed by atoms with Crippen LogP contribution in [-0.2, 0) is 4.74 Å². The summed E-state index contributed by atoms with van der Waals surface area (Å²) in [5.41, 5.74) is 0. The van der Waals surface area contributed by atoms with Crippen molar-refractivity contribution in [1.82, 2.24) is 0 Å². The fraction of sp³-hybridized carbons (Fsp3) is 0.333. The molecular formula is C6H8Cl2O3. The highest BCUT2D eigenvalue weighted by Gasteiger charge is 2.04. The van der Waals surface area contributed by atoms with E-state index in [9.17, 15) is 0 Å². The fourth-order valence-electron chi connectivity index (χ4n) is 0.226. The van der Waals surface area contributed by atoms with Crippen molar-refractivity contribution in [3.8, 4) is 0 Å². The van der Waals surface area contributed by atoms with Crippen molar-refractivity contribution in [2.24, 2.45) is 0 Å². The average molecular weight is 199 g/mol. The van der Waals surface area contributed by atoms with Crippen LogP contribution in [0, 0.1) is 0 Å². The van der Waals surface area contributed by atoms with E-state index in [0.717, 1.165) is 0 Å². The molecule has 0 radical (unpaired) electrons.